The van der Waals surface area contributed by atoms with E-state index < -0.39 is 0 Å². The van der Waals surface area contributed by atoms with E-state index in [1.807, 2.05) is 0 Å². The summed E-state index contributed by atoms with van der Waals surface area (Å²) in [5, 5.41) is 5.07. The summed E-state index contributed by atoms with van der Waals surface area (Å²) in [6.45, 7) is 4.79. The molecular weight excluding hydrogens is 641 g/mol. The van der Waals surface area contributed by atoms with Gasteiger partial charge in [-0.2, -0.15) is 0 Å². The van der Waals surface area contributed by atoms with E-state index in [1.165, 1.54) is 93.8 Å². The molecule has 1 aliphatic carbocycles. The van der Waals surface area contributed by atoms with Gasteiger partial charge < -0.3 is 9.13 Å². The van der Waals surface area contributed by atoms with E-state index in [4.69, 9.17) is 0 Å². The average molecular weight is 677 g/mol. The molecule has 0 N–H and O–H groups in total. The van der Waals surface area contributed by atoms with Crippen LogP contribution < -0.4 is 0 Å². The Labute approximate surface area is 308 Å². The number of benzene rings is 8. The van der Waals surface area contributed by atoms with Gasteiger partial charge in [-0.05, 0) is 93.5 Å². The Balaban J connectivity index is 1.28. The van der Waals surface area contributed by atoms with Crippen molar-refractivity contribution in [1.82, 2.24) is 9.13 Å². The van der Waals surface area contributed by atoms with Crippen molar-refractivity contribution in [2.24, 2.45) is 0 Å². The summed E-state index contributed by atoms with van der Waals surface area (Å²) in [6, 6.07) is 67.0. The van der Waals surface area contributed by atoms with Gasteiger partial charge in [-0.1, -0.05) is 141 Å². The summed E-state index contributed by atoms with van der Waals surface area (Å²) < 4.78 is 4.89. The van der Waals surface area contributed by atoms with Crippen LogP contribution in [0.3, 0.4) is 0 Å². The number of hydrogen-bond donors (Lipinski definition) is 0. The third kappa shape index (κ3) is 4.21. The Bertz CT molecular complexity index is 3070. The maximum absolute atomic E-state index is 2.50. The number of aromatic nitrogens is 2. The molecule has 250 valence electrons. The van der Waals surface area contributed by atoms with Gasteiger partial charge in [0.05, 0.1) is 22.1 Å². The fraction of sp³-hybridized carbons (Fsp3) is 0.0588. The third-order valence-corrected chi connectivity index (χ3v) is 11.7. The largest absolute Gasteiger partial charge is 0.309 e. The highest BCUT2D eigenvalue weighted by molar-refractivity contribution is 6.18. The zero-order valence-corrected chi connectivity index (χ0v) is 29.7. The molecule has 53 heavy (non-hydrogen) atoms. The summed E-state index contributed by atoms with van der Waals surface area (Å²) in [5.41, 5.74) is 17.4. The molecule has 0 spiro atoms. The van der Waals surface area contributed by atoms with Crippen LogP contribution in [-0.4, -0.2) is 9.13 Å². The molecular formula is C51H36N2. The number of fused-ring (bicyclic) bond motifs is 9. The Hall–Kier alpha value is -6.64. The number of para-hydroxylation sites is 5. The maximum atomic E-state index is 2.50. The first-order chi connectivity index (χ1) is 26.1. The first kappa shape index (κ1) is 30.0. The Morgan fingerprint density at radius 3 is 1.70 bits per heavy atom. The molecule has 0 saturated heterocycles. The molecule has 0 amide bonds. The number of hydrogen-bond acceptors (Lipinski definition) is 0. The highest BCUT2D eigenvalue weighted by Gasteiger charge is 2.38. The van der Waals surface area contributed by atoms with Crippen LogP contribution in [0.1, 0.15) is 25.0 Å². The van der Waals surface area contributed by atoms with E-state index in [0.717, 1.165) is 5.69 Å². The van der Waals surface area contributed by atoms with E-state index in [0.29, 0.717) is 0 Å². The predicted octanol–water partition coefficient (Wildman–Crippen LogP) is 13.5. The van der Waals surface area contributed by atoms with Crippen molar-refractivity contribution in [3.8, 4) is 44.8 Å². The highest BCUT2D eigenvalue weighted by Crippen LogP contribution is 2.55. The first-order valence-electron chi connectivity index (χ1n) is 18.5. The van der Waals surface area contributed by atoms with Crippen LogP contribution >= 0.6 is 0 Å². The van der Waals surface area contributed by atoms with Crippen LogP contribution in [0.2, 0.25) is 0 Å². The maximum Gasteiger partial charge on any atom is 0.0619 e. The van der Waals surface area contributed by atoms with E-state index in [1.54, 1.807) is 0 Å². The molecule has 11 rings (SSSR count). The predicted molar refractivity (Wildman–Crippen MR) is 224 cm³/mol. The van der Waals surface area contributed by atoms with Gasteiger partial charge in [0.15, 0.2) is 0 Å². The van der Waals surface area contributed by atoms with Gasteiger partial charge in [0.1, 0.15) is 0 Å². The molecule has 0 bridgehead atoms. The molecule has 2 nitrogen and oxygen atoms in total. The van der Waals surface area contributed by atoms with Gasteiger partial charge in [-0.15, -0.1) is 0 Å². The van der Waals surface area contributed by atoms with Crippen molar-refractivity contribution in [2.45, 2.75) is 19.3 Å². The number of rotatable bonds is 4. The molecule has 2 heterocycles. The van der Waals surface area contributed by atoms with Gasteiger partial charge in [-0.25, -0.2) is 0 Å². The zero-order valence-electron chi connectivity index (χ0n) is 29.7. The summed E-state index contributed by atoms with van der Waals surface area (Å²) in [5.74, 6) is 0. The quantitative estimate of drug-likeness (QED) is 0.176. The normalized spacial score (nSPS) is 13.2. The van der Waals surface area contributed by atoms with Gasteiger partial charge in [0.25, 0.3) is 0 Å². The van der Waals surface area contributed by atoms with Crippen LogP contribution in [0, 0.1) is 0 Å². The van der Waals surface area contributed by atoms with Crippen LogP contribution in [0.5, 0.6) is 0 Å². The van der Waals surface area contributed by atoms with E-state index in [2.05, 4.69) is 205 Å². The van der Waals surface area contributed by atoms with Crippen LogP contribution in [-0.2, 0) is 5.41 Å². The molecule has 1 aliphatic rings. The first-order valence-corrected chi connectivity index (χ1v) is 18.5. The lowest BCUT2D eigenvalue weighted by Crippen LogP contribution is -2.15. The lowest BCUT2D eigenvalue weighted by atomic mass is 9.80. The molecule has 8 aromatic carbocycles. The monoisotopic (exact) mass is 676 g/mol. The molecule has 0 radical (unpaired) electrons. The Morgan fingerprint density at radius 2 is 0.925 bits per heavy atom. The minimum Gasteiger partial charge on any atom is -0.309 e. The second kappa shape index (κ2) is 11.2. The van der Waals surface area contributed by atoms with Crippen molar-refractivity contribution in [1.29, 1.82) is 0 Å². The van der Waals surface area contributed by atoms with Crippen molar-refractivity contribution in [3.05, 3.63) is 193 Å². The molecule has 10 aromatic rings. The smallest absolute Gasteiger partial charge is 0.0619 e. The van der Waals surface area contributed by atoms with E-state index in [-0.39, 0.29) is 5.41 Å². The zero-order chi connectivity index (χ0) is 35.3. The molecule has 0 unspecified atom stereocenters. The van der Waals surface area contributed by atoms with Gasteiger partial charge in [0, 0.05) is 43.9 Å². The summed E-state index contributed by atoms with van der Waals surface area (Å²) in [7, 11) is 0. The minimum absolute atomic E-state index is 0.178. The molecule has 2 heteroatoms. The Morgan fingerprint density at radius 1 is 0.377 bits per heavy atom. The van der Waals surface area contributed by atoms with E-state index in [9.17, 15) is 0 Å². The molecule has 0 saturated carbocycles. The van der Waals surface area contributed by atoms with Gasteiger partial charge in [-0.3, -0.25) is 0 Å². The average Bonchev–Trinajstić information content (AvgIpc) is 3.82. The second-order valence-corrected chi connectivity index (χ2v) is 14.9. The lowest BCUT2D eigenvalue weighted by molar-refractivity contribution is 0.661. The fourth-order valence-corrected chi connectivity index (χ4v) is 9.38. The molecule has 2 aromatic heterocycles. The van der Waals surface area contributed by atoms with Crippen molar-refractivity contribution in [3.63, 3.8) is 0 Å². The highest BCUT2D eigenvalue weighted by atomic mass is 15.0. The minimum atomic E-state index is -0.178. The van der Waals surface area contributed by atoms with Crippen molar-refractivity contribution < 1.29 is 0 Å². The summed E-state index contributed by atoms with van der Waals surface area (Å²) in [4.78, 5) is 0. The molecule has 0 aliphatic heterocycles. The van der Waals surface area contributed by atoms with Gasteiger partial charge >= 0.3 is 0 Å². The van der Waals surface area contributed by atoms with Crippen molar-refractivity contribution >= 4 is 43.6 Å². The Kier molecular flexibility index (Phi) is 6.33. The van der Waals surface area contributed by atoms with Crippen LogP contribution in [0.25, 0.3) is 88.4 Å². The van der Waals surface area contributed by atoms with Gasteiger partial charge in [0.2, 0.25) is 0 Å². The molecule has 0 fully saturated rings. The second-order valence-electron chi connectivity index (χ2n) is 14.9. The van der Waals surface area contributed by atoms with Crippen molar-refractivity contribution in [2.75, 3.05) is 0 Å². The fourth-order valence-electron chi connectivity index (χ4n) is 9.38. The van der Waals surface area contributed by atoms with E-state index >= 15 is 0 Å². The topological polar surface area (TPSA) is 9.86 Å². The summed E-state index contributed by atoms with van der Waals surface area (Å²) in [6.07, 6.45) is 0. The van der Waals surface area contributed by atoms with Crippen LogP contribution in [0.4, 0.5) is 0 Å². The lowest BCUT2D eigenvalue weighted by Gasteiger charge is -2.23. The number of nitrogens with zero attached hydrogens (tertiary/aromatic N) is 2. The van der Waals surface area contributed by atoms with Crippen LogP contribution in [0.15, 0.2) is 182 Å². The SMILES string of the molecule is CC1(C)c2ccccc2-c2c(-c3cccc4c5ccccc5n(-c5ccccc5)c34)cc(-c3cccc4c3c3ccccc3n4-c3ccccc3)cc21. The molecule has 0 atom stereocenters. The third-order valence-electron chi connectivity index (χ3n) is 11.7. The summed E-state index contributed by atoms with van der Waals surface area (Å²) >= 11 is 0. The standard InChI is InChI=1S/C51H36N2/c1-51(2)43-27-12-9-22-40(43)48-42(39-26-15-25-38-37-21-10-13-28-45(37)53(50(38)39)35-19-7-4-8-20-35)31-33(32-44(48)51)36-24-16-30-47-49(36)41-23-11-14-29-46(41)52(47)34-17-5-3-6-18-34/h3-32H,1-2H3.